The number of anilines is 3. The Morgan fingerprint density at radius 2 is 0.862 bits per heavy atom. The van der Waals surface area contributed by atoms with Crippen molar-refractivity contribution in [3.05, 3.63) is 224 Å². The van der Waals surface area contributed by atoms with E-state index in [9.17, 15) is 0 Å². The van der Waals surface area contributed by atoms with Gasteiger partial charge in [0.05, 0.1) is 5.69 Å². The van der Waals surface area contributed by atoms with E-state index in [2.05, 4.69) is 217 Å². The van der Waals surface area contributed by atoms with E-state index in [1.54, 1.807) is 0 Å². The molecule has 0 N–H and O–H groups in total. The summed E-state index contributed by atoms with van der Waals surface area (Å²) in [6.45, 7) is 0. The Balaban J connectivity index is 1.03. The Morgan fingerprint density at radius 1 is 0.293 bits per heavy atom. The molecule has 58 heavy (non-hydrogen) atoms. The van der Waals surface area contributed by atoms with E-state index >= 15 is 0 Å². The van der Waals surface area contributed by atoms with Crippen LogP contribution in [-0.2, 0) is 0 Å². The predicted octanol–water partition coefficient (Wildman–Crippen LogP) is 16.0. The second-order valence-corrected chi connectivity index (χ2v) is 14.9. The van der Waals surface area contributed by atoms with Crippen molar-refractivity contribution in [1.29, 1.82) is 0 Å². The number of para-hydroxylation sites is 2. The molecule has 0 amide bonds. The number of nitrogens with zero attached hydrogens (tertiary/aromatic N) is 1. The van der Waals surface area contributed by atoms with Gasteiger partial charge in [-0.1, -0.05) is 176 Å². The summed E-state index contributed by atoms with van der Waals surface area (Å²) in [6.07, 6.45) is 0. The largest absolute Gasteiger partial charge is 0.456 e. The van der Waals surface area contributed by atoms with Gasteiger partial charge < -0.3 is 9.32 Å². The van der Waals surface area contributed by atoms with Gasteiger partial charge in [-0.05, 0) is 109 Å². The van der Waals surface area contributed by atoms with Crippen LogP contribution in [0.4, 0.5) is 17.1 Å². The number of hydrogen-bond acceptors (Lipinski definition) is 2. The van der Waals surface area contributed by atoms with Crippen molar-refractivity contribution in [3.8, 4) is 44.5 Å². The fraction of sp³-hybridized carbons (Fsp3) is 0. The first-order chi connectivity index (χ1) is 28.7. The van der Waals surface area contributed by atoms with Crippen molar-refractivity contribution in [3.63, 3.8) is 0 Å². The Morgan fingerprint density at radius 3 is 1.72 bits per heavy atom. The molecule has 0 saturated heterocycles. The molecule has 0 saturated carbocycles. The van der Waals surface area contributed by atoms with E-state index in [1.165, 1.54) is 49.4 Å². The average Bonchev–Trinajstić information content (AvgIpc) is 3.69. The Hall–Kier alpha value is -7.68. The first-order valence-corrected chi connectivity index (χ1v) is 19.8. The monoisotopic (exact) mass is 739 g/mol. The van der Waals surface area contributed by atoms with Crippen molar-refractivity contribution in [1.82, 2.24) is 0 Å². The van der Waals surface area contributed by atoms with Crippen LogP contribution < -0.4 is 4.90 Å². The van der Waals surface area contributed by atoms with Crippen LogP contribution in [0.15, 0.2) is 229 Å². The molecule has 11 aromatic rings. The molecule has 11 rings (SSSR count). The van der Waals surface area contributed by atoms with E-state index in [4.69, 9.17) is 4.42 Å². The second-order valence-electron chi connectivity index (χ2n) is 14.9. The summed E-state index contributed by atoms with van der Waals surface area (Å²) in [5.41, 5.74) is 14.4. The molecule has 1 aromatic heterocycles. The van der Waals surface area contributed by atoms with Crippen LogP contribution >= 0.6 is 0 Å². The molecule has 0 atom stereocenters. The lowest BCUT2D eigenvalue weighted by atomic mass is 9.95. The molecule has 0 aliphatic heterocycles. The van der Waals surface area contributed by atoms with Gasteiger partial charge in [-0.15, -0.1) is 0 Å². The van der Waals surface area contributed by atoms with E-state index in [0.717, 1.165) is 55.7 Å². The highest BCUT2D eigenvalue weighted by atomic mass is 16.3. The van der Waals surface area contributed by atoms with Crippen LogP contribution in [-0.4, -0.2) is 0 Å². The van der Waals surface area contributed by atoms with Crippen molar-refractivity contribution >= 4 is 60.5 Å². The predicted molar refractivity (Wildman–Crippen MR) is 245 cm³/mol. The molecule has 0 bridgehead atoms. The minimum atomic E-state index is 0.883. The maximum Gasteiger partial charge on any atom is 0.136 e. The van der Waals surface area contributed by atoms with Crippen LogP contribution in [0.25, 0.3) is 88.0 Å². The van der Waals surface area contributed by atoms with Gasteiger partial charge in [0.25, 0.3) is 0 Å². The molecule has 2 nitrogen and oxygen atoms in total. The molecule has 0 spiro atoms. The summed E-state index contributed by atoms with van der Waals surface area (Å²) in [5, 5.41) is 7.23. The summed E-state index contributed by atoms with van der Waals surface area (Å²) < 4.78 is 6.37. The fourth-order valence-corrected chi connectivity index (χ4v) is 8.64. The highest BCUT2D eigenvalue weighted by Crippen LogP contribution is 2.45. The van der Waals surface area contributed by atoms with Crippen LogP contribution in [0.2, 0.25) is 0 Å². The Labute approximate surface area is 337 Å². The highest BCUT2D eigenvalue weighted by molar-refractivity contribution is 6.14. The number of benzene rings is 10. The zero-order valence-corrected chi connectivity index (χ0v) is 31.7. The number of hydrogen-bond donors (Lipinski definition) is 0. The molecular formula is C56H37NO. The summed E-state index contributed by atoms with van der Waals surface area (Å²) in [6, 6.07) is 80.7. The van der Waals surface area contributed by atoms with Gasteiger partial charge >= 0.3 is 0 Å². The Bertz CT molecular complexity index is 3280. The molecule has 0 aliphatic rings. The van der Waals surface area contributed by atoms with Crippen LogP contribution in [0.1, 0.15) is 0 Å². The first-order valence-electron chi connectivity index (χ1n) is 19.8. The number of furan rings is 1. The lowest BCUT2D eigenvalue weighted by molar-refractivity contribution is 0.669. The van der Waals surface area contributed by atoms with Crippen LogP contribution in [0.5, 0.6) is 0 Å². The molecule has 1 heterocycles. The van der Waals surface area contributed by atoms with Gasteiger partial charge in [-0.3, -0.25) is 0 Å². The third-order valence-electron chi connectivity index (χ3n) is 11.5. The topological polar surface area (TPSA) is 16.4 Å². The van der Waals surface area contributed by atoms with Crippen molar-refractivity contribution in [2.24, 2.45) is 0 Å². The SMILES string of the molecule is c1cc(-c2ccc3ccccc3c2)cc(N(c2ccc(-c3ccc(-c4cccc5ccccc45)cc3)cc2)c2ccccc2-c2cccc3oc4ccccc4c23)c1. The van der Waals surface area contributed by atoms with Gasteiger partial charge in [0.1, 0.15) is 11.2 Å². The zero-order chi connectivity index (χ0) is 38.4. The number of fused-ring (bicyclic) bond motifs is 5. The summed E-state index contributed by atoms with van der Waals surface area (Å²) in [4.78, 5) is 2.40. The third-order valence-corrected chi connectivity index (χ3v) is 11.5. The Kier molecular flexibility index (Phi) is 8.19. The van der Waals surface area contributed by atoms with Crippen molar-refractivity contribution < 1.29 is 4.42 Å². The smallest absolute Gasteiger partial charge is 0.136 e. The molecule has 272 valence electrons. The van der Waals surface area contributed by atoms with Crippen LogP contribution in [0.3, 0.4) is 0 Å². The molecule has 0 unspecified atom stereocenters. The van der Waals surface area contributed by atoms with Gasteiger partial charge in [0.15, 0.2) is 0 Å². The second kappa shape index (κ2) is 14.1. The lowest BCUT2D eigenvalue weighted by Gasteiger charge is -2.28. The van der Waals surface area contributed by atoms with Crippen molar-refractivity contribution in [2.75, 3.05) is 4.90 Å². The first kappa shape index (κ1) is 33.6. The maximum atomic E-state index is 6.37. The lowest BCUT2D eigenvalue weighted by Crippen LogP contribution is -2.11. The molecule has 0 aliphatic carbocycles. The van der Waals surface area contributed by atoms with Crippen molar-refractivity contribution in [2.45, 2.75) is 0 Å². The molecular weight excluding hydrogens is 703 g/mol. The summed E-state index contributed by atoms with van der Waals surface area (Å²) in [5.74, 6) is 0. The average molecular weight is 740 g/mol. The van der Waals surface area contributed by atoms with Gasteiger partial charge in [-0.25, -0.2) is 0 Å². The molecule has 10 aromatic carbocycles. The third kappa shape index (κ3) is 5.91. The number of rotatable bonds is 7. The minimum absolute atomic E-state index is 0.883. The van der Waals surface area contributed by atoms with E-state index in [1.807, 2.05) is 12.1 Å². The van der Waals surface area contributed by atoms with Gasteiger partial charge in [0.2, 0.25) is 0 Å². The highest BCUT2D eigenvalue weighted by Gasteiger charge is 2.21. The normalized spacial score (nSPS) is 11.4. The summed E-state index contributed by atoms with van der Waals surface area (Å²) in [7, 11) is 0. The quantitative estimate of drug-likeness (QED) is 0.162. The molecule has 2 heteroatoms. The minimum Gasteiger partial charge on any atom is -0.456 e. The van der Waals surface area contributed by atoms with Gasteiger partial charge in [-0.2, -0.15) is 0 Å². The van der Waals surface area contributed by atoms with Crippen LogP contribution in [0, 0.1) is 0 Å². The van der Waals surface area contributed by atoms with E-state index in [0.29, 0.717) is 0 Å². The van der Waals surface area contributed by atoms with Gasteiger partial charge in [0, 0.05) is 27.7 Å². The standard InChI is InChI=1S/C56H37NO/c1-2-14-43-36-45(31-28-38(43)12-1)44-16-9-17-47(37-44)57(53-23-7-5-19-50(53)51-22-11-25-55-56(51)52-20-6-8-24-54(52)58-55)46-34-32-40(33-35-46)39-26-29-42(30-27-39)49-21-10-15-41-13-3-4-18-48(41)49/h1-37H. The summed E-state index contributed by atoms with van der Waals surface area (Å²) >= 11 is 0. The molecule has 0 fully saturated rings. The zero-order valence-electron chi connectivity index (χ0n) is 31.7. The molecule has 0 radical (unpaired) electrons. The maximum absolute atomic E-state index is 6.37. The van der Waals surface area contributed by atoms with E-state index in [-0.39, 0.29) is 0 Å². The fourth-order valence-electron chi connectivity index (χ4n) is 8.64. The van der Waals surface area contributed by atoms with E-state index < -0.39 is 0 Å².